The van der Waals surface area contributed by atoms with E-state index in [0.29, 0.717) is 24.4 Å². The lowest BCUT2D eigenvalue weighted by Crippen LogP contribution is -2.36. The molecule has 1 aliphatic rings. The van der Waals surface area contributed by atoms with Crippen LogP contribution in [0.3, 0.4) is 0 Å². The summed E-state index contributed by atoms with van der Waals surface area (Å²) in [5, 5.41) is 8.36. The number of anilines is 2. The Balaban J connectivity index is 1.52. The van der Waals surface area contributed by atoms with Gasteiger partial charge in [0.05, 0.1) is 35.6 Å². The number of morpholine rings is 1. The lowest BCUT2D eigenvalue weighted by Gasteiger charge is -2.29. The third-order valence-corrected chi connectivity index (χ3v) is 5.76. The number of amides is 1. The number of fused-ring (bicyclic) bond motifs is 1. The first-order chi connectivity index (χ1) is 15.6. The van der Waals surface area contributed by atoms with E-state index >= 15 is 0 Å². The number of aryl methyl sites for hydroxylation is 2. The minimum atomic E-state index is -0.176. The van der Waals surface area contributed by atoms with Gasteiger partial charge in [-0.1, -0.05) is 36.4 Å². The van der Waals surface area contributed by atoms with Crippen LogP contribution in [0, 0.1) is 6.92 Å². The highest BCUT2D eigenvalue weighted by molar-refractivity contribution is 6.13. The molecule has 2 aromatic carbocycles. The standard InChI is InChI=1S/C25H25N5O2/c1-17-23-21(16-22(18-7-4-3-5-8-18)27-24(23)29(2)28-17)25(31)26-19-9-6-10-20(15-19)30-11-13-32-14-12-30/h3-10,15-16H,11-14H2,1-2H3,(H,26,31). The first kappa shape index (κ1) is 20.2. The second-order valence-corrected chi connectivity index (χ2v) is 7.93. The molecule has 1 fully saturated rings. The van der Waals surface area contributed by atoms with E-state index in [1.165, 1.54) is 0 Å². The summed E-state index contributed by atoms with van der Waals surface area (Å²) in [5.74, 6) is -0.176. The summed E-state index contributed by atoms with van der Waals surface area (Å²) in [6, 6.07) is 19.7. The quantitative estimate of drug-likeness (QED) is 0.532. The Morgan fingerprint density at radius 3 is 2.59 bits per heavy atom. The highest BCUT2D eigenvalue weighted by atomic mass is 16.5. The second-order valence-electron chi connectivity index (χ2n) is 7.93. The lowest BCUT2D eigenvalue weighted by atomic mass is 10.0. The zero-order valence-electron chi connectivity index (χ0n) is 18.2. The molecule has 32 heavy (non-hydrogen) atoms. The molecule has 1 saturated heterocycles. The summed E-state index contributed by atoms with van der Waals surface area (Å²) in [7, 11) is 1.85. The van der Waals surface area contributed by atoms with Crippen molar-refractivity contribution in [1.29, 1.82) is 0 Å². The van der Waals surface area contributed by atoms with E-state index < -0.39 is 0 Å². The van der Waals surface area contributed by atoms with Crippen LogP contribution < -0.4 is 10.2 Å². The predicted octanol–water partition coefficient (Wildman–Crippen LogP) is 4.03. The molecule has 0 unspecified atom stereocenters. The van der Waals surface area contributed by atoms with Gasteiger partial charge in [-0.25, -0.2) is 4.98 Å². The fourth-order valence-electron chi connectivity index (χ4n) is 4.18. The molecule has 7 nitrogen and oxygen atoms in total. The van der Waals surface area contributed by atoms with Gasteiger partial charge in [-0.05, 0) is 31.2 Å². The summed E-state index contributed by atoms with van der Waals surface area (Å²) < 4.78 is 7.18. The molecule has 0 bridgehead atoms. The number of aromatic nitrogens is 3. The molecule has 0 aliphatic carbocycles. The van der Waals surface area contributed by atoms with Gasteiger partial charge in [-0.2, -0.15) is 5.10 Å². The number of rotatable bonds is 4. The zero-order valence-corrected chi connectivity index (χ0v) is 18.2. The van der Waals surface area contributed by atoms with Crippen molar-refractivity contribution in [3.63, 3.8) is 0 Å². The summed E-state index contributed by atoms with van der Waals surface area (Å²) in [5.41, 5.74) is 5.57. The Bertz CT molecular complexity index is 1280. The Labute approximate surface area is 186 Å². The van der Waals surface area contributed by atoms with E-state index in [2.05, 4.69) is 21.4 Å². The molecule has 0 spiro atoms. The molecule has 3 heterocycles. The molecular formula is C25H25N5O2. The van der Waals surface area contributed by atoms with Gasteiger partial charge in [0.1, 0.15) is 0 Å². The summed E-state index contributed by atoms with van der Waals surface area (Å²) in [6.45, 7) is 5.03. The molecule has 5 rings (SSSR count). The molecule has 0 saturated carbocycles. The fraction of sp³-hybridized carbons (Fsp3) is 0.240. The highest BCUT2D eigenvalue weighted by Gasteiger charge is 2.20. The summed E-state index contributed by atoms with van der Waals surface area (Å²) in [6.07, 6.45) is 0. The van der Waals surface area contributed by atoms with Gasteiger partial charge in [-0.15, -0.1) is 0 Å². The number of carbonyl (C=O) groups excluding carboxylic acids is 1. The first-order valence-electron chi connectivity index (χ1n) is 10.7. The summed E-state index contributed by atoms with van der Waals surface area (Å²) >= 11 is 0. The van der Waals surface area contributed by atoms with Crippen LogP contribution in [0.2, 0.25) is 0 Å². The smallest absolute Gasteiger partial charge is 0.256 e. The van der Waals surface area contributed by atoms with Crippen LogP contribution in [0.25, 0.3) is 22.3 Å². The maximum atomic E-state index is 13.5. The molecule has 1 aliphatic heterocycles. The number of nitrogens with one attached hydrogen (secondary N) is 1. The Kier molecular flexibility index (Phi) is 5.33. The van der Waals surface area contributed by atoms with Gasteiger partial charge in [0.2, 0.25) is 0 Å². The van der Waals surface area contributed by atoms with Gasteiger partial charge in [0, 0.05) is 37.1 Å². The molecule has 7 heteroatoms. The average Bonchev–Trinajstić information content (AvgIpc) is 3.13. The second kappa shape index (κ2) is 8.43. The summed E-state index contributed by atoms with van der Waals surface area (Å²) in [4.78, 5) is 20.5. The van der Waals surface area contributed by atoms with Crippen molar-refractivity contribution in [2.75, 3.05) is 36.5 Å². The van der Waals surface area contributed by atoms with Crippen LogP contribution in [-0.2, 0) is 11.8 Å². The Morgan fingerprint density at radius 1 is 1.03 bits per heavy atom. The zero-order chi connectivity index (χ0) is 22.1. The van der Waals surface area contributed by atoms with Crippen molar-refractivity contribution < 1.29 is 9.53 Å². The average molecular weight is 428 g/mol. The monoisotopic (exact) mass is 427 g/mol. The molecule has 162 valence electrons. The van der Waals surface area contributed by atoms with Gasteiger partial charge in [0.25, 0.3) is 5.91 Å². The molecule has 0 atom stereocenters. The van der Waals surface area contributed by atoms with Crippen molar-refractivity contribution in [2.45, 2.75) is 6.92 Å². The van der Waals surface area contributed by atoms with E-state index in [-0.39, 0.29) is 5.91 Å². The predicted molar refractivity (Wildman–Crippen MR) is 126 cm³/mol. The normalized spacial score (nSPS) is 14.0. The molecular weight excluding hydrogens is 402 g/mol. The van der Waals surface area contributed by atoms with Crippen molar-refractivity contribution in [1.82, 2.24) is 14.8 Å². The van der Waals surface area contributed by atoms with Crippen molar-refractivity contribution in [3.05, 3.63) is 71.9 Å². The van der Waals surface area contributed by atoms with E-state index in [1.54, 1.807) is 4.68 Å². The fourth-order valence-corrected chi connectivity index (χ4v) is 4.18. The van der Waals surface area contributed by atoms with Gasteiger partial charge in [0.15, 0.2) is 5.65 Å². The van der Waals surface area contributed by atoms with Gasteiger partial charge >= 0.3 is 0 Å². The Hall–Kier alpha value is -3.71. The van der Waals surface area contributed by atoms with Crippen LogP contribution in [0.15, 0.2) is 60.7 Å². The minimum absolute atomic E-state index is 0.176. The van der Waals surface area contributed by atoms with Crippen molar-refractivity contribution >= 4 is 28.3 Å². The van der Waals surface area contributed by atoms with Crippen LogP contribution in [0.5, 0.6) is 0 Å². The number of benzene rings is 2. The van der Waals surface area contributed by atoms with Crippen LogP contribution in [-0.4, -0.2) is 47.0 Å². The highest BCUT2D eigenvalue weighted by Crippen LogP contribution is 2.28. The maximum Gasteiger partial charge on any atom is 0.256 e. The van der Waals surface area contributed by atoms with Gasteiger partial charge in [-0.3, -0.25) is 9.48 Å². The molecule has 2 aromatic heterocycles. The van der Waals surface area contributed by atoms with Crippen LogP contribution >= 0.6 is 0 Å². The van der Waals surface area contributed by atoms with E-state index in [0.717, 1.165) is 46.8 Å². The first-order valence-corrected chi connectivity index (χ1v) is 10.7. The maximum absolute atomic E-state index is 13.5. The van der Waals surface area contributed by atoms with Crippen molar-refractivity contribution in [3.8, 4) is 11.3 Å². The Morgan fingerprint density at radius 2 is 1.81 bits per heavy atom. The third-order valence-electron chi connectivity index (χ3n) is 5.76. The van der Waals surface area contributed by atoms with Crippen molar-refractivity contribution in [2.24, 2.45) is 7.05 Å². The number of hydrogen-bond donors (Lipinski definition) is 1. The molecule has 0 radical (unpaired) electrons. The number of pyridine rings is 1. The number of ether oxygens (including phenoxy) is 1. The third kappa shape index (κ3) is 3.83. The number of hydrogen-bond acceptors (Lipinski definition) is 5. The lowest BCUT2D eigenvalue weighted by molar-refractivity contribution is 0.102. The van der Waals surface area contributed by atoms with Crippen LogP contribution in [0.4, 0.5) is 11.4 Å². The van der Waals surface area contributed by atoms with E-state index in [9.17, 15) is 4.79 Å². The van der Waals surface area contributed by atoms with E-state index in [4.69, 9.17) is 9.72 Å². The molecule has 1 N–H and O–H groups in total. The van der Waals surface area contributed by atoms with Gasteiger partial charge < -0.3 is 15.0 Å². The molecule has 1 amide bonds. The van der Waals surface area contributed by atoms with Crippen LogP contribution in [0.1, 0.15) is 16.1 Å². The van der Waals surface area contributed by atoms with E-state index in [1.807, 2.05) is 68.6 Å². The SMILES string of the molecule is Cc1nn(C)c2nc(-c3ccccc3)cc(C(=O)Nc3cccc(N4CCOCC4)c3)c12. The number of nitrogens with zero attached hydrogens (tertiary/aromatic N) is 4. The minimum Gasteiger partial charge on any atom is -0.378 e. The largest absolute Gasteiger partial charge is 0.378 e. The molecule has 4 aromatic rings. The number of carbonyl (C=O) groups is 1. The topological polar surface area (TPSA) is 72.3 Å².